The topological polar surface area (TPSA) is 65.4 Å². The van der Waals surface area contributed by atoms with Crippen molar-refractivity contribution >= 4 is 22.6 Å². The summed E-state index contributed by atoms with van der Waals surface area (Å²) in [6, 6.07) is 14.8. The van der Waals surface area contributed by atoms with Crippen LogP contribution in [-0.2, 0) is 0 Å². The molecule has 0 aliphatic heterocycles. The molecule has 8 heteroatoms. The molecule has 2 aromatic heterocycles. The van der Waals surface area contributed by atoms with Crippen molar-refractivity contribution < 1.29 is 13.2 Å². The van der Waals surface area contributed by atoms with Gasteiger partial charge in [0, 0.05) is 29.0 Å². The van der Waals surface area contributed by atoms with Gasteiger partial charge in [0.2, 0.25) is 5.92 Å². The molecule has 4 nitrogen and oxygen atoms in total. The fourth-order valence-corrected chi connectivity index (χ4v) is 4.36. The molecule has 0 atom stereocenters. The number of alkyl halides is 2. The molecular weight excluding hydrogens is 425 g/mol. The number of fused-ring (bicyclic) bond motifs is 1. The lowest BCUT2D eigenvalue weighted by molar-refractivity contribution is -0.0864. The number of aromatic nitrogens is 3. The SMILES string of the molecule is N#Cc1c(-c2cccc(F)c2)nc2n[nH]c(-c3cccc(Cl)c3)c2c1C1CC(F)(F)C1. The Labute approximate surface area is 180 Å². The van der Waals surface area contributed by atoms with Gasteiger partial charge in [-0.1, -0.05) is 35.9 Å². The van der Waals surface area contributed by atoms with Crippen LogP contribution in [0, 0.1) is 17.1 Å². The molecule has 1 saturated carbocycles. The minimum atomic E-state index is -2.79. The average Bonchev–Trinajstić information content (AvgIpc) is 3.14. The molecule has 0 saturated heterocycles. The second-order valence-electron chi connectivity index (χ2n) is 7.64. The van der Waals surface area contributed by atoms with E-state index in [4.69, 9.17) is 11.6 Å². The lowest BCUT2D eigenvalue weighted by Crippen LogP contribution is -2.34. The number of pyridine rings is 1. The number of nitrogens with one attached hydrogen (secondary N) is 1. The van der Waals surface area contributed by atoms with Gasteiger partial charge in [0.05, 0.1) is 22.3 Å². The summed E-state index contributed by atoms with van der Waals surface area (Å²) in [5.41, 5.74) is 2.76. The lowest BCUT2D eigenvalue weighted by Gasteiger charge is -2.36. The molecule has 2 aromatic carbocycles. The molecule has 31 heavy (non-hydrogen) atoms. The predicted molar refractivity (Wildman–Crippen MR) is 111 cm³/mol. The standard InChI is InChI=1S/C23H14ClF3N4/c24-15-5-1-3-12(7-15)21-19-18(14-9-23(26,27)10-14)17(11-28)20(29-22(19)31-30-21)13-4-2-6-16(25)8-13/h1-8,14H,9-10H2,(H,29,30,31). The number of halogens is 4. The third-order valence-corrected chi connectivity index (χ3v) is 5.80. The van der Waals surface area contributed by atoms with E-state index in [9.17, 15) is 18.4 Å². The summed E-state index contributed by atoms with van der Waals surface area (Å²) < 4.78 is 41.5. The van der Waals surface area contributed by atoms with Crippen LogP contribution in [0.1, 0.15) is 29.9 Å². The smallest absolute Gasteiger partial charge is 0.249 e. The number of hydrogen-bond donors (Lipinski definition) is 1. The van der Waals surface area contributed by atoms with Gasteiger partial charge in [-0.25, -0.2) is 18.2 Å². The highest BCUT2D eigenvalue weighted by molar-refractivity contribution is 6.30. The summed E-state index contributed by atoms with van der Waals surface area (Å²) in [7, 11) is 0. The third-order valence-electron chi connectivity index (χ3n) is 5.56. The molecule has 1 fully saturated rings. The number of nitriles is 1. The van der Waals surface area contributed by atoms with Crippen LogP contribution in [0.25, 0.3) is 33.5 Å². The molecule has 2 heterocycles. The maximum Gasteiger partial charge on any atom is 0.249 e. The Balaban J connectivity index is 1.82. The van der Waals surface area contributed by atoms with Gasteiger partial charge in [-0.2, -0.15) is 10.4 Å². The van der Waals surface area contributed by atoms with Gasteiger partial charge in [-0.05, 0) is 35.7 Å². The molecule has 1 N–H and O–H groups in total. The van der Waals surface area contributed by atoms with E-state index in [0.29, 0.717) is 32.8 Å². The first-order valence-corrected chi connectivity index (χ1v) is 9.96. The molecule has 1 aliphatic carbocycles. The molecule has 5 rings (SSSR count). The van der Waals surface area contributed by atoms with E-state index in [-0.39, 0.29) is 29.7 Å². The Morgan fingerprint density at radius 1 is 1.10 bits per heavy atom. The Morgan fingerprint density at radius 3 is 2.52 bits per heavy atom. The maximum atomic E-state index is 13.9. The van der Waals surface area contributed by atoms with E-state index in [1.807, 2.05) is 6.07 Å². The van der Waals surface area contributed by atoms with Crippen LogP contribution >= 0.6 is 11.6 Å². The van der Waals surface area contributed by atoms with Gasteiger partial charge in [0.1, 0.15) is 11.9 Å². The molecule has 0 radical (unpaired) electrons. The van der Waals surface area contributed by atoms with Crippen LogP contribution in [0.2, 0.25) is 5.02 Å². The molecule has 0 spiro atoms. The summed E-state index contributed by atoms with van der Waals surface area (Å²) in [6.45, 7) is 0. The molecule has 154 valence electrons. The maximum absolute atomic E-state index is 13.9. The van der Waals surface area contributed by atoms with Gasteiger partial charge < -0.3 is 0 Å². The fraction of sp³-hybridized carbons (Fsp3) is 0.174. The van der Waals surface area contributed by atoms with Crippen molar-refractivity contribution in [2.45, 2.75) is 24.7 Å². The highest BCUT2D eigenvalue weighted by Crippen LogP contribution is 2.52. The largest absolute Gasteiger partial charge is 0.275 e. The number of hydrogen-bond acceptors (Lipinski definition) is 3. The molecule has 0 unspecified atom stereocenters. The number of nitrogens with zero attached hydrogens (tertiary/aromatic N) is 3. The van der Waals surface area contributed by atoms with Crippen LogP contribution in [0.4, 0.5) is 13.2 Å². The van der Waals surface area contributed by atoms with E-state index in [2.05, 4.69) is 21.3 Å². The Morgan fingerprint density at radius 2 is 1.84 bits per heavy atom. The van der Waals surface area contributed by atoms with Crippen LogP contribution < -0.4 is 0 Å². The number of benzene rings is 2. The summed E-state index contributed by atoms with van der Waals surface area (Å²) in [5, 5.41) is 18.2. The lowest BCUT2D eigenvalue weighted by atomic mass is 9.73. The molecule has 1 aliphatic rings. The van der Waals surface area contributed by atoms with Gasteiger partial charge in [-0.3, -0.25) is 5.10 Å². The third kappa shape index (κ3) is 3.33. The highest BCUT2D eigenvalue weighted by atomic mass is 35.5. The van der Waals surface area contributed by atoms with Crippen molar-refractivity contribution in [3.8, 4) is 28.6 Å². The molecule has 0 bridgehead atoms. The summed E-state index contributed by atoms with van der Waals surface area (Å²) in [5.74, 6) is -3.81. The first kappa shape index (κ1) is 19.6. The Hall–Kier alpha value is -3.37. The monoisotopic (exact) mass is 438 g/mol. The summed E-state index contributed by atoms with van der Waals surface area (Å²) in [6.07, 6.45) is -0.743. The van der Waals surface area contributed by atoms with Gasteiger partial charge >= 0.3 is 0 Å². The zero-order valence-corrected chi connectivity index (χ0v) is 16.7. The van der Waals surface area contributed by atoms with Gasteiger partial charge in [-0.15, -0.1) is 0 Å². The average molecular weight is 439 g/mol. The normalized spacial score (nSPS) is 15.6. The van der Waals surface area contributed by atoms with E-state index in [0.717, 1.165) is 0 Å². The molecule has 0 amide bonds. The van der Waals surface area contributed by atoms with Crippen molar-refractivity contribution in [2.75, 3.05) is 0 Å². The van der Waals surface area contributed by atoms with E-state index in [1.165, 1.54) is 18.2 Å². The second kappa shape index (κ2) is 7.10. The van der Waals surface area contributed by atoms with Crippen LogP contribution in [0.3, 0.4) is 0 Å². The molecule has 4 aromatic rings. The zero-order chi connectivity index (χ0) is 21.8. The second-order valence-corrected chi connectivity index (χ2v) is 8.08. The minimum Gasteiger partial charge on any atom is -0.275 e. The van der Waals surface area contributed by atoms with Gasteiger partial charge in [0.25, 0.3) is 0 Å². The number of rotatable bonds is 3. The Kier molecular flexibility index (Phi) is 4.49. The summed E-state index contributed by atoms with van der Waals surface area (Å²) >= 11 is 6.13. The minimum absolute atomic E-state index is 0.156. The van der Waals surface area contributed by atoms with Gasteiger partial charge in [0.15, 0.2) is 5.65 Å². The van der Waals surface area contributed by atoms with Crippen LogP contribution in [0.15, 0.2) is 48.5 Å². The first-order chi connectivity index (χ1) is 14.9. The summed E-state index contributed by atoms with van der Waals surface area (Å²) in [4.78, 5) is 4.51. The van der Waals surface area contributed by atoms with Crippen molar-refractivity contribution in [3.63, 3.8) is 0 Å². The number of H-pyrrole nitrogens is 1. The molecular formula is C23H14ClF3N4. The van der Waals surface area contributed by atoms with Crippen molar-refractivity contribution in [2.24, 2.45) is 0 Å². The Bertz CT molecular complexity index is 1370. The van der Waals surface area contributed by atoms with Crippen LogP contribution in [0.5, 0.6) is 0 Å². The van der Waals surface area contributed by atoms with Crippen molar-refractivity contribution in [1.82, 2.24) is 15.2 Å². The first-order valence-electron chi connectivity index (χ1n) is 9.58. The fourth-order valence-electron chi connectivity index (χ4n) is 4.17. The van der Waals surface area contributed by atoms with Crippen molar-refractivity contribution in [1.29, 1.82) is 5.26 Å². The quantitative estimate of drug-likeness (QED) is 0.398. The highest BCUT2D eigenvalue weighted by Gasteiger charge is 2.48. The van der Waals surface area contributed by atoms with E-state index >= 15 is 0 Å². The van der Waals surface area contributed by atoms with Crippen LogP contribution in [-0.4, -0.2) is 21.1 Å². The zero-order valence-electron chi connectivity index (χ0n) is 16.0. The van der Waals surface area contributed by atoms with E-state index < -0.39 is 17.7 Å². The van der Waals surface area contributed by atoms with E-state index in [1.54, 1.807) is 24.3 Å². The predicted octanol–water partition coefficient (Wildman–Crippen LogP) is 6.47. The number of aromatic amines is 1. The van der Waals surface area contributed by atoms with Crippen molar-refractivity contribution in [3.05, 3.63) is 70.5 Å².